The highest BCUT2D eigenvalue weighted by molar-refractivity contribution is 5.91. The van der Waals surface area contributed by atoms with Crippen LogP contribution in [0.1, 0.15) is 21.9 Å². The highest BCUT2D eigenvalue weighted by Gasteiger charge is 2.18. The summed E-state index contributed by atoms with van der Waals surface area (Å²) in [5.41, 5.74) is 0.805. The first-order chi connectivity index (χ1) is 13.1. The summed E-state index contributed by atoms with van der Waals surface area (Å²) >= 11 is 0. The van der Waals surface area contributed by atoms with Gasteiger partial charge in [-0.2, -0.15) is 0 Å². The fourth-order valence-electron chi connectivity index (χ4n) is 2.91. The molecule has 4 rings (SSSR count). The molecule has 0 saturated carbocycles. The first-order valence-electron chi connectivity index (χ1n) is 8.48. The van der Waals surface area contributed by atoms with E-state index >= 15 is 0 Å². The van der Waals surface area contributed by atoms with Gasteiger partial charge in [-0.15, -0.1) is 0 Å². The van der Waals surface area contributed by atoms with Gasteiger partial charge in [0, 0.05) is 25.9 Å². The molecule has 7 heteroatoms. The number of nitrogens with zero attached hydrogens (tertiary/aromatic N) is 2. The number of benzene rings is 1. The molecular weight excluding hydrogens is 348 g/mol. The predicted octanol–water partition coefficient (Wildman–Crippen LogP) is 2.49. The number of amides is 1. The molecule has 1 amide bonds. The van der Waals surface area contributed by atoms with Crippen LogP contribution in [-0.4, -0.2) is 29.2 Å². The van der Waals surface area contributed by atoms with E-state index in [2.05, 4.69) is 0 Å². The number of carbonyl (C=O) groups is 1. The maximum Gasteiger partial charge on any atom is 0.289 e. The van der Waals surface area contributed by atoms with Crippen molar-refractivity contribution in [3.8, 4) is 11.5 Å². The summed E-state index contributed by atoms with van der Waals surface area (Å²) < 4.78 is 17.8. The van der Waals surface area contributed by atoms with Crippen LogP contribution in [0, 0.1) is 0 Å². The molecule has 0 saturated heterocycles. The fraction of sp³-hybridized carbons (Fsp3) is 0.200. The van der Waals surface area contributed by atoms with Crippen molar-refractivity contribution in [2.24, 2.45) is 0 Å². The number of carbonyl (C=O) groups excluding carboxylic acids is 1. The molecular formula is C20H18N2O5. The molecule has 2 aromatic heterocycles. The lowest BCUT2D eigenvalue weighted by atomic mass is 10.2. The average molecular weight is 366 g/mol. The van der Waals surface area contributed by atoms with Crippen molar-refractivity contribution in [2.75, 3.05) is 13.8 Å². The number of fused-ring (bicyclic) bond motifs is 1. The minimum atomic E-state index is -0.237. The van der Waals surface area contributed by atoms with Crippen molar-refractivity contribution >= 4 is 5.91 Å². The lowest BCUT2D eigenvalue weighted by Crippen LogP contribution is -2.25. The summed E-state index contributed by atoms with van der Waals surface area (Å²) in [6.07, 6.45) is 1.68. The van der Waals surface area contributed by atoms with Crippen molar-refractivity contribution in [1.29, 1.82) is 0 Å². The average Bonchev–Trinajstić information content (AvgIpc) is 3.32. The largest absolute Gasteiger partial charge is 0.454 e. The van der Waals surface area contributed by atoms with Crippen molar-refractivity contribution < 1.29 is 18.7 Å². The van der Waals surface area contributed by atoms with Crippen molar-refractivity contribution in [3.05, 3.63) is 82.2 Å². The van der Waals surface area contributed by atoms with Crippen LogP contribution in [0.3, 0.4) is 0 Å². The van der Waals surface area contributed by atoms with E-state index in [0.29, 0.717) is 23.8 Å². The maximum atomic E-state index is 12.6. The van der Waals surface area contributed by atoms with E-state index in [9.17, 15) is 9.59 Å². The van der Waals surface area contributed by atoms with Gasteiger partial charge in [-0.05, 0) is 35.9 Å². The Kier molecular flexibility index (Phi) is 4.42. The summed E-state index contributed by atoms with van der Waals surface area (Å²) in [7, 11) is 1.71. The molecule has 0 fully saturated rings. The van der Waals surface area contributed by atoms with E-state index in [-0.39, 0.29) is 30.6 Å². The van der Waals surface area contributed by atoms with E-state index in [4.69, 9.17) is 13.9 Å². The zero-order valence-electron chi connectivity index (χ0n) is 14.8. The van der Waals surface area contributed by atoms with Crippen LogP contribution in [0.5, 0.6) is 11.5 Å². The number of aromatic nitrogens is 1. The smallest absolute Gasteiger partial charge is 0.289 e. The Hall–Kier alpha value is -3.48. The first kappa shape index (κ1) is 17.0. The van der Waals surface area contributed by atoms with Gasteiger partial charge in [-0.25, -0.2) is 0 Å². The molecule has 27 heavy (non-hydrogen) atoms. The van der Waals surface area contributed by atoms with Gasteiger partial charge in [0.15, 0.2) is 17.3 Å². The van der Waals surface area contributed by atoms with Crippen LogP contribution in [0.4, 0.5) is 0 Å². The summed E-state index contributed by atoms with van der Waals surface area (Å²) in [4.78, 5) is 26.0. The molecule has 0 radical (unpaired) electrons. The Morgan fingerprint density at radius 2 is 1.96 bits per heavy atom. The third-order valence-corrected chi connectivity index (χ3v) is 4.30. The second kappa shape index (κ2) is 7.03. The molecule has 3 heterocycles. The SMILES string of the molecule is CN(Cc1ccc2c(c1)OCO2)C(=O)c1ccc(Cn2ccccc2=O)o1. The molecule has 0 aliphatic carbocycles. The Balaban J connectivity index is 1.44. The number of rotatable bonds is 5. The predicted molar refractivity (Wildman–Crippen MR) is 96.9 cm³/mol. The van der Waals surface area contributed by atoms with E-state index in [1.165, 1.54) is 10.6 Å². The molecule has 0 N–H and O–H groups in total. The molecule has 1 aromatic carbocycles. The van der Waals surface area contributed by atoms with Gasteiger partial charge in [-0.1, -0.05) is 12.1 Å². The number of hydrogen-bond acceptors (Lipinski definition) is 5. The zero-order valence-corrected chi connectivity index (χ0v) is 14.8. The fourth-order valence-corrected chi connectivity index (χ4v) is 2.91. The first-order valence-corrected chi connectivity index (χ1v) is 8.48. The Bertz CT molecular complexity index is 1040. The van der Waals surface area contributed by atoms with Crippen molar-refractivity contribution in [1.82, 2.24) is 9.47 Å². The summed E-state index contributed by atoms with van der Waals surface area (Å²) in [6.45, 7) is 0.899. The van der Waals surface area contributed by atoms with Crippen molar-refractivity contribution in [3.63, 3.8) is 0 Å². The second-order valence-electron chi connectivity index (χ2n) is 6.28. The number of pyridine rings is 1. The van der Waals surface area contributed by atoms with E-state index < -0.39 is 0 Å². The molecule has 0 atom stereocenters. The molecule has 7 nitrogen and oxygen atoms in total. The van der Waals surface area contributed by atoms with Gasteiger partial charge in [0.05, 0.1) is 6.54 Å². The lowest BCUT2D eigenvalue weighted by molar-refractivity contribution is 0.0751. The molecule has 1 aliphatic heterocycles. The highest BCUT2D eigenvalue weighted by atomic mass is 16.7. The van der Waals surface area contributed by atoms with Gasteiger partial charge >= 0.3 is 0 Å². The van der Waals surface area contributed by atoms with Crippen LogP contribution in [0.25, 0.3) is 0 Å². The van der Waals surface area contributed by atoms with Crippen LogP contribution >= 0.6 is 0 Å². The molecule has 138 valence electrons. The van der Waals surface area contributed by atoms with Gasteiger partial charge in [0.25, 0.3) is 11.5 Å². The summed E-state index contributed by atoms with van der Waals surface area (Å²) in [5.74, 6) is 1.93. The normalized spacial score (nSPS) is 12.2. The topological polar surface area (TPSA) is 73.9 Å². The third-order valence-electron chi connectivity index (χ3n) is 4.30. The van der Waals surface area contributed by atoms with E-state index in [1.807, 2.05) is 18.2 Å². The van der Waals surface area contributed by atoms with Crippen molar-refractivity contribution in [2.45, 2.75) is 13.1 Å². The summed E-state index contributed by atoms with van der Waals surface area (Å²) in [5, 5.41) is 0. The quantitative estimate of drug-likeness (QED) is 0.694. The molecule has 0 bridgehead atoms. The minimum absolute atomic E-state index is 0.123. The van der Waals surface area contributed by atoms with Crippen LogP contribution in [0.2, 0.25) is 0 Å². The van der Waals surface area contributed by atoms with Crippen LogP contribution in [-0.2, 0) is 13.1 Å². The minimum Gasteiger partial charge on any atom is -0.454 e. The monoisotopic (exact) mass is 366 g/mol. The van der Waals surface area contributed by atoms with Gasteiger partial charge in [0.1, 0.15) is 5.76 Å². The molecule has 0 unspecified atom stereocenters. The van der Waals surface area contributed by atoms with Crippen LogP contribution < -0.4 is 15.0 Å². The third kappa shape index (κ3) is 3.57. The second-order valence-corrected chi connectivity index (χ2v) is 6.28. The summed E-state index contributed by atoms with van der Waals surface area (Å²) in [6, 6.07) is 13.9. The number of hydrogen-bond donors (Lipinski definition) is 0. The Labute approximate surface area is 155 Å². The van der Waals surface area contributed by atoms with Gasteiger partial charge in [-0.3, -0.25) is 9.59 Å². The molecule has 3 aromatic rings. The lowest BCUT2D eigenvalue weighted by Gasteiger charge is -2.16. The standard InChI is InChI=1S/C20H18N2O5/c1-21(11-14-5-7-16-18(10-14)26-13-25-16)20(24)17-8-6-15(27-17)12-22-9-3-2-4-19(22)23/h2-10H,11-13H2,1H3. The van der Waals surface area contributed by atoms with Crippen LogP contribution in [0.15, 0.2) is 63.9 Å². The highest BCUT2D eigenvalue weighted by Crippen LogP contribution is 2.32. The Morgan fingerprint density at radius 3 is 2.81 bits per heavy atom. The zero-order chi connectivity index (χ0) is 18.8. The van der Waals surface area contributed by atoms with E-state index in [1.54, 1.807) is 42.4 Å². The van der Waals surface area contributed by atoms with E-state index in [0.717, 1.165) is 5.56 Å². The Morgan fingerprint density at radius 1 is 1.11 bits per heavy atom. The molecule has 1 aliphatic rings. The number of furan rings is 1. The number of ether oxygens (including phenoxy) is 2. The van der Waals surface area contributed by atoms with Gasteiger partial charge in [0.2, 0.25) is 6.79 Å². The van der Waals surface area contributed by atoms with Gasteiger partial charge < -0.3 is 23.4 Å². The molecule has 0 spiro atoms. The maximum absolute atomic E-state index is 12.6.